The minimum atomic E-state index is -0.229. The Morgan fingerprint density at radius 3 is 2.85 bits per heavy atom. The monoisotopic (exact) mass is 277 g/mol. The van der Waals surface area contributed by atoms with Crippen molar-refractivity contribution in [3.05, 3.63) is 29.8 Å². The lowest BCUT2D eigenvalue weighted by Crippen LogP contribution is -2.40. The molecule has 0 aliphatic carbocycles. The summed E-state index contributed by atoms with van der Waals surface area (Å²) in [6.07, 6.45) is 1.88. The van der Waals surface area contributed by atoms with Crippen LogP contribution in [0.25, 0.3) is 0 Å². The maximum Gasteiger partial charge on any atom is 0.240 e. The van der Waals surface area contributed by atoms with E-state index in [2.05, 4.69) is 34.5 Å². The number of carbonyl (C=O) groups excluding carboxylic acids is 1. The van der Waals surface area contributed by atoms with Crippen molar-refractivity contribution in [1.82, 2.24) is 5.32 Å². The average molecular weight is 277 g/mol. The van der Waals surface area contributed by atoms with Gasteiger partial charge in [0, 0.05) is 32.4 Å². The topological polar surface area (TPSA) is 67.6 Å². The summed E-state index contributed by atoms with van der Waals surface area (Å²) in [5.74, 6) is -0.229. The Balaban J connectivity index is 1.92. The first kappa shape index (κ1) is 14.8. The van der Waals surface area contributed by atoms with Gasteiger partial charge in [-0.1, -0.05) is 12.1 Å². The predicted molar refractivity (Wildman–Crippen MR) is 79.6 cm³/mol. The van der Waals surface area contributed by atoms with Gasteiger partial charge in [-0.3, -0.25) is 4.79 Å². The van der Waals surface area contributed by atoms with Crippen molar-refractivity contribution < 1.29 is 9.53 Å². The zero-order valence-corrected chi connectivity index (χ0v) is 12.0. The number of methoxy groups -OCH3 is 1. The van der Waals surface area contributed by atoms with Crippen molar-refractivity contribution in [3.8, 4) is 0 Å². The lowest BCUT2D eigenvalue weighted by molar-refractivity contribution is -0.119. The Bertz CT molecular complexity index is 433. The maximum absolute atomic E-state index is 11.4. The third-order valence-corrected chi connectivity index (χ3v) is 3.66. The van der Waals surface area contributed by atoms with Crippen LogP contribution in [-0.2, 0) is 16.1 Å². The Labute approximate surface area is 120 Å². The van der Waals surface area contributed by atoms with Crippen LogP contribution in [0.15, 0.2) is 24.3 Å². The number of primary amides is 1. The van der Waals surface area contributed by atoms with Crippen LogP contribution in [0.5, 0.6) is 0 Å². The number of benzene rings is 1. The van der Waals surface area contributed by atoms with Crippen LogP contribution in [0.3, 0.4) is 0 Å². The molecule has 0 aromatic heterocycles. The molecule has 1 aromatic rings. The number of nitrogens with one attached hydrogen (secondary N) is 1. The highest BCUT2D eigenvalue weighted by molar-refractivity contribution is 5.84. The molecule has 1 amide bonds. The van der Waals surface area contributed by atoms with Gasteiger partial charge in [-0.2, -0.15) is 0 Å². The predicted octanol–water partition coefficient (Wildman–Crippen LogP) is 0.877. The van der Waals surface area contributed by atoms with Crippen molar-refractivity contribution in [1.29, 1.82) is 0 Å². The molecule has 1 fully saturated rings. The summed E-state index contributed by atoms with van der Waals surface area (Å²) in [4.78, 5) is 13.5. The van der Waals surface area contributed by atoms with E-state index in [9.17, 15) is 4.79 Å². The van der Waals surface area contributed by atoms with Crippen molar-refractivity contribution in [2.45, 2.75) is 25.4 Å². The molecule has 0 radical (unpaired) electrons. The largest absolute Gasteiger partial charge is 0.383 e. The standard InChI is InChI=1S/C15H23N3O2/c1-20-10-8-17-11-12-4-6-13(7-5-12)18-9-2-3-14(18)15(16)19/h4-7,14,17H,2-3,8-11H2,1H3,(H2,16,19). The fraction of sp³-hybridized carbons (Fsp3) is 0.533. The molecule has 1 atom stereocenters. The summed E-state index contributed by atoms with van der Waals surface area (Å²) in [7, 11) is 1.70. The molecular weight excluding hydrogens is 254 g/mol. The zero-order valence-electron chi connectivity index (χ0n) is 12.0. The van der Waals surface area contributed by atoms with Crippen LogP contribution in [0.4, 0.5) is 5.69 Å². The van der Waals surface area contributed by atoms with Gasteiger partial charge in [0.05, 0.1) is 6.61 Å². The number of nitrogens with zero attached hydrogens (tertiary/aromatic N) is 1. The van der Waals surface area contributed by atoms with Crippen LogP contribution in [0.1, 0.15) is 18.4 Å². The van der Waals surface area contributed by atoms with Gasteiger partial charge in [0.1, 0.15) is 6.04 Å². The Kier molecular flexibility index (Phi) is 5.38. The van der Waals surface area contributed by atoms with E-state index in [1.165, 1.54) is 5.56 Å². The van der Waals surface area contributed by atoms with E-state index in [-0.39, 0.29) is 11.9 Å². The van der Waals surface area contributed by atoms with Gasteiger partial charge in [0.2, 0.25) is 5.91 Å². The normalized spacial score (nSPS) is 18.4. The molecule has 1 aromatic carbocycles. The highest BCUT2D eigenvalue weighted by Gasteiger charge is 2.28. The summed E-state index contributed by atoms with van der Waals surface area (Å²) in [5, 5.41) is 3.31. The molecule has 5 heteroatoms. The van der Waals surface area contributed by atoms with Gasteiger partial charge in [0.25, 0.3) is 0 Å². The number of rotatable bonds is 7. The lowest BCUT2D eigenvalue weighted by atomic mass is 10.1. The second-order valence-electron chi connectivity index (χ2n) is 5.09. The molecule has 1 aliphatic rings. The third kappa shape index (κ3) is 3.71. The van der Waals surface area contributed by atoms with Crippen LogP contribution in [0, 0.1) is 0 Å². The minimum Gasteiger partial charge on any atom is -0.383 e. The van der Waals surface area contributed by atoms with Gasteiger partial charge < -0.3 is 20.7 Å². The van der Waals surface area contributed by atoms with Gasteiger partial charge in [-0.05, 0) is 30.5 Å². The second-order valence-corrected chi connectivity index (χ2v) is 5.09. The first-order valence-electron chi connectivity index (χ1n) is 7.07. The molecular formula is C15H23N3O2. The number of anilines is 1. The molecule has 1 heterocycles. The molecule has 1 saturated heterocycles. The molecule has 110 valence electrons. The first-order valence-corrected chi connectivity index (χ1v) is 7.07. The van der Waals surface area contributed by atoms with E-state index in [0.717, 1.165) is 38.2 Å². The van der Waals surface area contributed by atoms with E-state index in [0.29, 0.717) is 6.61 Å². The Morgan fingerprint density at radius 2 is 2.20 bits per heavy atom. The van der Waals surface area contributed by atoms with Crippen molar-refractivity contribution >= 4 is 11.6 Å². The number of carbonyl (C=O) groups is 1. The summed E-state index contributed by atoms with van der Waals surface area (Å²) < 4.78 is 4.99. The van der Waals surface area contributed by atoms with Crippen molar-refractivity contribution in [3.63, 3.8) is 0 Å². The van der Waals surface area contributed by atoms with Crippen molar-refractivity contribution in [2.24, 2.45) is 5.73 Å². The average Bonchev–Trinajstić information content (AvgIpc) is 2.94. The van der Waals surface area contributed by atoms with Gasteiger partial charge in [-0.15, -0.1) is 0 Å². The number of nitrogens with two attached hydrogens (primary N) is 1. The number of hydrogen-bond donors (Lipinski definition) is 2. The quantitative estimate of drug-likeness (QED) is 0.726. The fourth-order valence-electron chi connectivity index (χ4n) is 2.58. The van der Waals surface area contributed by atoms with Crippen LogP contribution < -0.4 is 16.0 Å². The molecule has 0 saturated carbocycles. The second kappa shape index (κ2) is 7.26. The molecule has 3 N–H and O–H groups in total. The zero-order chi connectivity index (χ0) is 14.4. The molecule has 0 spiro atoms. The molecule has 1 aliphatic heterocycles. The van der Waals surface area contributed by atoms with E-state index >= 15 is 0 Å². The minimum absolute atomic E-state index is 0.152. The summed E-state index contributed by atoms with van der Waals surface area (Å²) in [5.41, 5.74) is 7.74. The lowest BCUT2D eigenvalue weighted by Gasteiger charge is -2.24. The van der Waals surface area contributed by atoms with Crippen LogP contribution in [0.2, 0.25) is 0 Å². The summed E-state index contributed by atoms with van der Waals surface area (Å²) >= 11 is 0. The molecule has 1 unspecified atom stereocenters. The van der Waals surface area contributed by atoms with Gasteiger partial charge in [0.15, 0.2) is 0 Å². The third-order valence-electron chi connectivity index (χ3n) is 3.66. The first-order chi connectivity index (χ1) is 9.72. The SMILES string of the molecule is COCCNCc1ccc(N2CCCC2C(N)=O)cc1. The Morgan fingerprint density at radius 1 is 1.45 bits per heavy atom. The molecule has 5 nitrogen and oxygen atoms in total. The smallest absolute Gasteiger partial charge is 0.240 e. The highest BCUT2D eigenvalue weighted by atomic mass is 16.5. The molecule has 0 bridgehead atoms. The fourth-order valence-corrected chi connectivity index (χ4v) is 2.58. The van der Waals surface area contributed by atoms with Crippen LogP contribution >= 0.6 is 0 Å². The van der Waals surface area contributed by atoms with E-state index in [4.69, 9.17) is 10.5 Å². The number of ether oxygens (including phenoxy) is 1. The van der Waals surface area contributed by atoms with Crippen LogP contribution in [-0.4, -0.2) is 38.8 Å². The Hall–Kier alpha value is -1.59. The van der Waals surface area contributed by atoms with E-state index < -0.39 is 0 Å². The number of hydrogen-bond acceptors (Lipinski definition) is 4. The summed E-state index contributed by atoms with van der Waals surface area (Å²) in [6.45, 7) is 3.28. The van der Waals surface area contributed by atoms with Crippen molar-refractivity contribution in [2.75, 3.05) is 31.7 Å². The van der Waals surface area contributed by atoms with Gasteiger partial charge in [-0.25, -0.2) is 0 Å². The summed E-state index contributed by atoms with van der Waals surface area (Å²) in [6, 6.07) is 8.15. The van der Waals surface area contributed by atoms with E-state index in [1.54, 1.807) is 7.11 Å². The van der Waals surface area contributed by atoms with E-state index in [1.807, 2.05) is 0 Å². The maximum atomic E-state index is 11.4. The molecule has 20 heavy (non-hydrogen) atoms. The molecule has 2 rings (SSSR count). The highest BCUT2D eigenvalue weighted by Crippen LogP contribution is 2.25. The van der Waals surface area contributed by atoms with Gasteiger partial charge >= 0.3 is 0 Å². The number of amides is 1.